The molecule has 2 heterocycles. The summed E-state index contributed by atoms with van der Waals surface area (Å²) in [4.78, 5) is 0. The third kappa shape index (κ3) is 1.92. The summed E-state index contributed by atoms with van der Waals surface area (Å²) in [5.41, 5.74) is 6.50. The molecule has 0 spiro atoms. The number of nitrogens with two attached hydrogens (primary N) is 1. The summed E-state index contributed by atoms with van der Waals surface area (Å²) in [6.45, 7) is 0. The van der Waals surface area contributed by atoms with Gasteiger partial charge in [0.05, 0.1) is 11.8 Å². The molecule has 1 aromatic carbocycles. The Bertz CT molecular complexity index is 703. The Labute approximate surface area is 105 Å². The number of aromatic amines is 1. The normalized spacial score (nSPS) is 10.8. The zero-order valence-electron chi connectivity index (χ0n) is 9.39. The number of nitrogens with one attached hydrogen (secondary N) is 1. The second-order valence-electron chi connectivity index (χ2n) is 3.79. The standard InChI is InChI=1S/C11H7F2N5O/c12-6-1-5(2-7(13)3-6)9-10(19-17-11(9)14)8-4-15-18-16-8/h1-4H,(H2,14,17)(H,15,16,18). The molecule has 8 heteroatoms. The minimum Gasteiger partial charge on any atom is -0.380 e. The maximum absolute atomic E-state index is 13.3. The van der Waals surface area contributed by atoms with Gasteiger partial charge in [-0.1, -0.05) is 5.16 Å². The van der Waals surface area contributed by atoms with Crippen molar-refractivity contribution in [1.29, 1.82) is 0 Å². The van der Waals surface area contributed by atoms with E-state index in [1.54, 1.807) is 0 Å². The Morgan fingerprint density at radius 3 is 2.53 bits per heavy atom. The van der Waals surface area contributed by atoms with Crippen LogP contribution < -0.4 is 5.73 Å². The second-order valence-corrected chi connectivity index (χ2v) is 3.79. The minimum atomic E-state index is -0.721. The fourth-order valence-corrected chi connectivity index (χ4v) is 1.77. The largest absolute Gasteiger partial charge is 0.380 e. The number of H-pyrrole nitrogens is 1. The van der Waals surface area contributed by atoms with Crippen LogP contribution in [-0.2, 0) is 0 Å². The van der Waals surface area contributed by atoms with E-state index in [-0.39, 0.29) is 22.7 Å². The smallest absolute Gasteiger partial charge is 0.198 e. The van der Waals surface area contributed by atoms with E-state index in [2.05, 4.69) is 20.6 Å². The molecule has 19 heavy (non-hydrogen) atoms. The van der Waals surface area contributed by atoms with Gasteiger partial charge in [-0.2, -0.15) is 15.4 Å². The van der Waals surface area contributed by atoms with Gasteiger partial charge in [0, 0.05) is 6.07 Å². The monoisotopic (exact) mass is 263 g/mol. The summed E-state index contributed by atoms with van der Waals surface area (Å²) < 4.78 is 31.6. The maximum atomic E-state index is 13.3. The average Bonchev–Trinajstić information content (AvgIpc) is 2.95. The summed E-state index contributed by atoms with van der Waals surface area (Å²) in [6, 6.07) is 3.04. The van der Waals surface area contributed by atoms with E-state index in [0.29, 0.717) is 5.69 Å². The van der Waals surface area contributed by atoms with Crippen molar-refractivity contribution >= 4 is 5.82 Å². The lowest BCUT2D eigenvalue weighted by Crippen LogP contribution is -1.91. The molecule has 0 fully saturated rings. The average molecular weight is 263 g/mol. The lowest BCUT2D eigenvalue weighted by Gasteiger charge is -2.01. The molecule has 0 unspecified atom stereocenters. The van der Waals surface area contributed by atoms with Crippen LogP contribution in [0.2, 0.25) is 0 Å². The van der Waals surface area contributed by atoms with E-state index >= 15 is 0 Å². The molecular formula is C11H7F2N5O. The second kappa shape index (κ2) is 4.16. The highest BCUT2D eigenvalue weighted by atomic mass is 19.1. The molecule has 3 aromatic rings. The van der Waals surface area contributed by atoms with E-state index in [4.69, 9.17) is 10.3 Å². The first-order valence-corrected chi connectivity index (χ1v) is 5.23. The zero-order valence-corrected chi connectivity index (χ0v) is 9.39. The SMILES string of the molecule is Nc1noc(-c2cn[nH]n2)c1-c1cc(F)cc(F)c1. The molecule has 0 aliphatic rings. The van der Waals surface area contributed by atoms with Crippen LogP contribution in [0, 0.1) is 11.6 Å². The highest BCUT2D eigenvalue weighted by Gasteiger charge is 2.20. The van der Waals surface area contributed by atoms with Gasteiger partial charge in [0.25, 0.3) is 0 Å². The Kier molecular flexibility index (Phi) is 2.48. The van der Waals surface area contributed by atoms with Gasteiger partial charge in [-0.25, -0.2) is 8.78 Å². The third-order valence-electron chi connectivity index (χ3n) is 2.52. The molecule has 3 N–H and O–H groups in total. The van der Waals surface area contributed by atoms with E-state index in [0.717, 1.165) is 18.2 Å². The van der Waals surface area contributed by atoms with Crippen LogP contribution in [0.1, 0.15) is 0 Å². The number of halogens is 2. The van der Waals surface area contributed by atoms with Crippen LogP contribution in [-0.4, -0.2) is 20.6 Å². The lowest BCUT2D eigenvalue weighted by atomic mass is 10.0. The van der Waals surface area contributed by atoms with E-state index < -0.39 is 11.6 Å². The summed E-state index contributed by atoms with van der Waals surface area (Å²) in [5.74, 6) is -1.23. The first kappa shape index (κ1) is 11.3. The fraction of sp³-hybridized carbons (Fsp3) is 0. The molecule has 0 radical (unpaired) electrons. The molecule has 0 aliphatic heterocycles. The summed E-state index contributed by atoms with van der Waals surface area (Å²) in [5, 5.41) is 13.4. The van der Waals surface area contributed by atoms with Gasteiger partial charge in [0.1, 0.15) is 11.6 Å². The van der Waals surface area contributed by atoms with Crippen LogP contribution >= 0.6 is 0 Å². The Balaban J connectivity index is 2.22. The molecule has 96 valence electrons. The van der Waals surface area contributed by atoms with Crippen molar-refractivity contribution in [3.63, 3.8) is 0 Å². The predicted molar refractivity (Wildman–Crippen MR) is 61.6 cm³/mol. The number of anilines is 1. The van der Waals surface area contributed by atoms with Gasteiger partial charge in [-0.15, -0.1) is 0 Å². The maximum Gasteiger partial charge on any atom is 0.198 e. The zero-order chi connectivity index (χ0) is 13.4. The molecule has 3 rings (SSSR count). The molecule has 0 amide bonds. The van der Waals surface area contributed by atoms with E-state index in [1.165, 1.54) is 6.20 Å². The highest BCUT2D eigenvalue weighted by molar-refractivity contribution is 5.85. The number of hydrogen-bond donors (Lipinski definition) is 2. The molecule has 0 bridgehead atoms. The first-order valence-electron chi connectivity index (χ1n) is 5.23. The van der Waals surface area contributed by atoms with Gasteiger partial charge < -0.3 is 10.3 Å². The summed E-state index contributed by atoms with van der Waals surface area (Å²) >= 11 is 0. The summed E-state index contributed by atoms with van der Waals surface area (Å²) in [7, 11) is 0. The van der Waals surface area contributed by atoms with Crippen molar-refractivity contribution in [2.45, 2.75) is 0 Å². The molecule has 0 atom stereocenters. The topological polar surface area (TPSA) is 93.6 Å². The van der Waals surface area contributed by atoms with Crippen LogP contribution in [0.15, 0.2) is 28.9 Å². The van der Waals surface area contributed by atoms with Crippen molar-refractivity contribution in [2.75, 3.05) is 5.73 Å². The van der Waals surface area contributed by atoms with E-state index in [9.17, 15) is 8.78 Å². The van der Waals surface area contributed by atoms with Crippen molar-refractivity contribution < 1.29 is 13.3 Å². The van der Waals surface area contributed by atoms with Gasteiger partial charge >= 0.3 is 0 Å². The van der Waals surface area contributed by atoms with Crippen molar-refractivity contribution in [3.8, 4) is 22.6 Å². The Morgan fingerprint density at radius 1 is 1.16 bits per heavy atom. The molecule has 0 saturated carbocycles. The number of hydrogen-bond acceptors (Lipinski definition) is 5. The van der Waals surface area contributed by atoms with Crippen LogP contribution in [0.4, 0.5) is 14.6 Å². The van der Waals surface area contributed by atoms with E-state index in [1.807, 2.05) is 0 Å². The predicted octanol–water partition coefficient (Wildman–Crippen LogP) is 1.99. The molecule has 2 aromatic heterocycles. The molecule has 6 nitrogen and oxygen atoms in total. The van der Waals surface area contributed by atoms with Crippen molar-refractivity contribution in [3.05, 3.63) is 36.0 Å². The van der Waals surface area contributed by atoms with Crippen molar-refractivity contribution in [1.82, 2.24) is 20.6 Å². The van der Waals surface area contributed by atoms with Gasteiger partial charge in [0.15, 0.2) is 17.3 Å². The minimum absolute atomic E-state index is 0.0167. The third-order valence-corrected chi connectivity index (χ3v) is 2.52. The lowest BCUT2D eigenvalue weighted by molar-refractivity contribution is 0.434. The number of rotatable bonds is 2. The summed E-state index contributed by atoms with van der Waals surface area (Å²) in [6.07, 6.45) is 1.39. The van der Waals surface area contributed by atoms with Gasteiger partial charge in [-0.3, -0.25) is 0 Å². The number of nitrogens with zero attached hydrogens (tertiary/aromatic N) is 3. The molecular weight excluding hydrogens is 256 g/mol. The first-order chi connectivity index (χ1) is 9.15. The Hall–Kier alpha value is -2.77. The van der Waals surface area contributed by atoms with Crippen LogP contribution in [0.25, 0.3) is 22.6 Å². The van der Waals surface area contributed by atoms with Gasteiger partial charge in [0.2, 0.25) is 0 Å². The number of aromatic nitrogens is 4. The van der Waals surface area contributed by atoms with Crippen LogP contribution in [0.5, 0.6) is 0 Å². The molecule has 0 aliphatic carbocycles. The van der Waals surface area contributed by atoms with Gasteiger partial charge in [-0.05, 0) is 17.7 Å². The quantitative estimate of drug-likeness (QED) is 0.737. The Morgan fingerprint density at radius 2 is 1.89 bits per heavy atom. The van der Waals surface area contributed by atoms with Crippen LogP contribution in [0.3, 0.4) is 0 Å². The highest BCUT2D eigenvalue weighted by Crippen LogP contribution is 2.35. The molecule has 0 saturated heterocycles. The number of benzene rings is 1. The number of nitrogen functional groups attached to an aromatic ring is 1. The fourth-order valence-electron chi connectivity index (χ4n) is 1.77. The van der Waals surface area contributed by atoms with Crippen molar-refractivity contribution in [2.24, 2.45) is 0 Å².